The molecule has 0 aliphatic heterocycles. The summed E-state index contributed by atoms with van der Waals surface area (Å²) in [6, 6.07) is 3.58. The van der Waals surface area contributed by atoms with Gasteiger partial charge in [0, 0.05) is 11.6 Å². The summed E-state index contributed by atoms with van der Waals surface area (Å²) in [5.41, 5.74) is 1.75. The van der Waals surface area contributed by atoms with Crippen molar-refractivity contribution in [3.05, 3.63) is 35.0 Å². The van der Waals surface area contributed by atoms with E-state index in [9.17, 15) is 10.0 Å². The Balaban J connectivity index is 2.74. The Morgan fingerprint density at radius 3 is 3.20 bits per heavy atom. The fraction of sp³-hybridized carbons (Fsp3) is 0.100. The molecule has 2 rings (SSSR count). The zero-order valence-corrected chi connectivity index (χ0v) is 8.06. The lowest BCUT2D eigenvalue weighted by Gasteiger charge is -1.96. The maximum absolute atomic E-state index is 10.1. The van der Waals surface area contributed by atoms with Crippen LogP contribution in [-0.2, 0) is 0 Å². The van der Waals surface area contributed by atoms with Crippen molar-refractivity contribution in [1.82, 2.24) is 9.97 Å². The molecule has 0 saturated heterocycles. The van der Waals surface area contributed by atoms with Gasteiger partial charge in [0.05, 0.1) is 11.8 Å². The van der Waals surface area contributed by atoms with E-state index in [0.717, 1.165) is 11.6 Å². The molecule has 0 unspecified atom stereocenters. The van der Waals surface area contributed by atoms with Crippen molar-refractivity contribution in [2.45, 2.75) is 6.92 Å². The van der Waals surface area contributed by atoms with Gasteiger partial charge in [0.15, 0.2) is 5.88 Å². The Morgan fingerprint density at radius 1 is 1.67 bits per heavy atom. The van der Waals surface area contributed by atoms with E-state index in [0.29, 0.717) is 16.8 Å². The van der Waals surface area contributed by atoms with Crippen molar-refractivity contribution >= 4 is 16.6 Å². The standard InChI is InChI=1S/C10H9N3O2/c1-6(5-12-15)8-7-3-2-4-11-9(7)13-10(8)14/h2-5,14H,1H3,(H,11,13)/b6-5-. The molecule has 5 heteroatoms. The normalized spacial score (nSPS) is 11.9. The SMILES string of the molecule is C/C(=C/N=O)c1c(O)[nH]c2ncccc12. The molecule has 0 aliphatic rings. The smallest absolute Gasteiger partial charge is 0.198 e. The molecular formula is C10H9N3O2. The summed E-state index contributed by atoms with van der Waals surface area (Å²) in [4.78, 5) is 16.9. The van der Waals surface area contributed by atoms with Gasteiger partial charge in [-0.1, -0.05) is 0 Å². The Labute approximate surface area is 85.4 Å². The van der Waals surface area contributed by atoms with Gasteiger partial charge in [-0.25, -0.2) is 4.98 Å². The monoisotopic (exact) mass is 203 g/mol. The highest BCUT2D eigenvalue weighted by atomic mass is 16.3. The summed E-state index contributed by atoms with van der Waals surface area (Å²) >= 11 is 0. The highest BCUT2D eigenvalue weighted by molar-refractivity contribution is 5.93. The van der Waals surface area contributed by atoms with Crippen LogP contribution in [0.4, 0.5) is 0 Å². The average molecular weight is 203 g/mol. The number of nitrogens with zero attached hydrogens (tertiary/aromatic N) is 2. The minimum Gasteiger partial charge on any atom is -0.494 e. The Kier molecular flexibility index (Phi) is 2.21. The molecule has 15 heavy (non-hydrogen) atoms. The van der Waals surface area contributed by atoms with Crippen LogP contribution in [0.2, 0.25) is 0 Å². The van der Waals surface area contributed by atoms with Crippen LogP contribution in [0.3, 0.4) is 0 Å². The van der Waals surface area contributed by atoms with Crippen molar-refractivity contribution in [2.24, 2.45) is 5.18 Å². The Hall–Kier alpha value is -2.17. The van der Waals surface area contributed by atoms with Crippen molar-refractivity contribution in [2.75, 3.05) is 0 Å². The van der Waals surface area contributed by atoms with Gasteiger partial charge < -0.3 is 10.1 Å². The Morgan fingerprint density at radius 2 is 2.47 bits per heavy atom. The molecule has 2 aromatic rings. The number of allylic oxidation sites excluding steroid dienone is 1. The molecule has 2 aromatic heterocycles. The van der Waals surface area contributed by atoms with E-state index in [1.54, 1.807) is 19.2 Å². The molecule has 0 fully saturated rings. The maximum Gasteiger partial charge on any atom is 0.198 e. The van der Waals surface area contributed by atoms with E-state index in [2.05, 4.69) is 15.1 Å². The molecule has 0 bridgehead atoms. The van der Waals surface area contributed by atoms with Crippen molar-refractivity contribution < 1.29 is 5.11 Å². The lowest BCUT2D eigenvalue weighted by Crippen LogP contribution is -1.77. The van der Waals surface area contributed by atoms with Gasteiger partial charge in [0.2, 0.25) is 0 Å². The lowest BCUT2D eigenvalue weighted by molar-refractivity contribution is 0.456. The second-order valence-corrected chi connectivity index (χ2v) is 3.17. The number of fused-ring (bicyclic) bond motifs is 1. The second-order valence-electron chi connectivity index (χ2n) is 3.17. The molecule has 0 radical (unpaired) electrons. The highest BCUT2D eigenvalue weighted by Gasteiger charge is 2.12. The van der Waals surface area contributed by atoms with E-state index >= 15 is 0 Å². The predicted molar refractivity (Wildman–Crippen MR) is 57.2 cm³/mol. The van der Waals surface area contributed by atoms with E-state index in [1.165, 1.54) is 0 Å². The quantitative estimate of drug-likeness (QED) is 0.735. The molecule has 0 spiro atoms. The molecule has 0 saturated carbocycles. The lowest BCUT2D eigenvalue weighted by atomic mass is 10.1. The van der Waals surface area contributed by atoms with Gasteiger partial charge in [0.25, 0.3) is 0 Å². The van der Waals surface area contributed by atoms with Gasteiger partial charge >= 0.3 is 0 Å². The van der Waals surface area contributed by atoms with E-state index < -0.39 is 0 Å². The number of nitroso groups, excluding NO2 is 1. The summed E-state index contributed by atoms with van der Waals surface area (Å²) in [6.07, 6.45) is 2.79. The molecule has 0 aliphatic carbocycles. The number of aromatic hydroxyl groups is 1. The summed E-state index contributed by atoms with van der Waals surface area (Å²) in [5, 5.41) is 13.1. The predicted octanol–water partition coefficient (Wildman–Crippen LogP) is 2.40. The number of hydrogen-bond donors (Lipinski definition) is 2. The van der Waals surface area contributed by atoms with Crippen LogP contribution in [0, 0.1) is 4.91 Å². The fourth-order valence-corrected chi connectivity index (χ4v) is 1.55. The molecule has 76 valence electrons. The average Bonchev–Trinajstić information content (AvgIpc) is 2.54. The fourth-order valence-electron chi connectivity index (χ4n) is 1.55. The highest BCUT2D eigenvalue weighted by Crippen LogP contribution is 2.31. The van der Waals surface area contributed by atoms with E-state index in [1.807, 2.05) is 6.07 Å². The third-order valence-electron chi connectivity index (χ3n) is 2.19. The van der Waals surface area contributed by atoms with Crippen molar-refractivity contribution in [3.8, 4) is 5.88 Å². The summed E-state index contributed by atoms with van der Waals surface area (Å²) in [5.74, 6) is 0.00102. The minimum atomic E-state index is 0.00102. The number of nitrogens with one attached hydrogen (secondary N) is 1. The number of H-pyrrole nitrogens is 1. The summed E-state index contributed by atoms with van der Waals surface area (Å²) < 4.78 is 0. The van der Waals surface area contributed by atoms with Crippen LogP contribution in [-0.4, -0.2) is 15.1 Å². The van der Waals surface area contributed by atoms with Gasteiger partial charge in [-0.3, -0.25) is 0 Å². The van der Waals surface area contributed by atoms with E-state index in [4.69, 9.17) is 0 Å². The van der Waals surface area contributed by atoms with Crippen LogP contribution in [0.1, 0.15) is 12.5 Å². The first-order chi connectivity index (χ1) is 7.24. The van der Waals surface area contributed by atoms with E-state index in [-0.39, 0.29) is 5.88 Å². The first-order valence-electron chi connectivity index (χ1n) is 4.39. The van der Waals surface area contributed by atoms with Crippen LogP contribution < -0.4 is 0 Å². The van der Waals surface area contributed by atoms with Gasteiger partial charge in [0.1, 0.15) is 5.65 Å². The molecule has 2 heterocycles. The first-order valence-corrected chi connectivity index (χ1v) is 4.39. The third-order valence-corrected chi connectivity index (χ3v) is 2.19. The largest absolute Gasteiger partial charge is 0.494 e. The van der Waals surface area contributed by atoms with Gasteiger partial charge in [-0.05, 0) is 29.8 Å². The van der Waals surface area contributed by atoms with Crippen molar-refractivity contribution in [3.63, 3.8) is 0 Å². The number of hydrogen-bond acceptors (Lipinski definition) is 4. The Bertz CT molecular complexity index is 543. The van der Waals surface area contributed by atoms with Crippen LogP contribution in [0.5, 0.6) is 5.88 Å². The van der Waals surface area contributed by atoms with Crippen LogP contribution in [0.15, 0.2) is 29.7 Å². The van der Waals surface area contributed by atoms with Gasteiger partial charge in [-0.15, -0.1) is 4.91 Å². The number of rotatable bonds is 2. The number of pyridine rings is 1. The third kappa shape index (κ3) is 1.48. The molecule has 5 nitrogen and oxygen atoms in total. The molecular weight excluding hydrogens is 194 g/mol. The van der Waals surface area contributed by atoms with Gasteiger partial charge in [-0.2, -0.15) is 0 Å². The summed E-state index contributed by atoms with van der Waals surface area (Å²) in [7, 11) is 0. The zero-order chi connectivity index (χ0) is 10.8. The van der Waals surface area contributed by atoms with Crippen LogP contribution in [0.25, 0.3) is 16.6 Å². The number of aromatic amines is 1. The zero-order valence-electron chi connectivity index (χ0n) is 8.06. The molecule has 0 amide bonds. The summed E-state index contributed by atoms with van der Waals surface area (Å²) in [6.45, 7) is 1.71. The first kappa shape index (κ1) is 9.39. The van der Waals surface area contributed by atoms with Crippen molar-refractivity contribution in [1.29, 1.82) is 0 Å². The number of aromatic nitrogens is 2. The maximum atomic E-state index is 10.1. The topological polar surface area (TPSA) is 78.3 Å². The minimum absolute atomic E-state index is 0.00102. The molecule has 0 atom stereocenters. The second kappa shape index (κ2) is 3.53. The molecule has 2 N–H and O–H groups in total. The molecule has 0 aromatic carbocycles. The van der Waals surface area contributed by atoms with Crippen LogP contribution >= 0.6 is 0 Å².